The molecule has 1 aromatic heterocycles. The molecule has 3 aliphatic heterocycles. The number of nitrogens with zero attached hydrogens (tertiary/aromatic N) is 4. The summed E-state index contributed by atoms with van der Waals surface area (Å²) in [6.07, 6.45) is 1.05. The van der Waals surface area contributed by atoms with Crippen molar-refractivity contribution in [3.05, 3.63) is 47.3 Å². The van der Waals surface area contributed by atoms with E-state index in [9.17, 15) is 14.7 Å². The summed E-state index contributed by atoms with van der Waals surface area (Å²) in [5.41, 5.74) is 5.92. The van der Waals surface area contributed by atoms with Crippen molar-refractivity contribution < 1.29 is 23.8 Å². The highest BCUT2D eigenvalue weighted by molar-refractivity contribution is 6.35. The molecular weight excluding hydrogens is 501 g/mol. The first-order valence-corrected chi connectivity index (χ1v) is 12.5. The van der Waals surface area contributed by atoms with Crippen LogP contribution in [0.1, 0.15) is 30.6 Å². The summed E-state index contributed by atoms with van der Waals surface area (Å²) < 4.78 is 21.2. The van der Waals surface area contributed by atoms with E-state index in [-0.39, 0.29) is 77.2 Å². The Bertz CT molecular complexity index is 1280. The van der Waals surface area contributed by atoms with Gasteiger partial charge in [0.05, 0.1) is 17.7 Å². The maximum Gasteiger partial charge on any atom is 0.261 e. The minimum Gasteiger partial charge on any atom is -0.489 e. The number of rotatable bonds is 3. The first-order valence-electron chi connectivity index (χ1n) is 12.1. The molecule has 2 atom stereocenters. The molecule has 5 rings (SSSR count). The number of benzene rings is 1. The van der Waals surface area contributed by atoms with Crippen LogP contribution in [0.15, 0.2) is 30.9 Å². The van der Waals surface area contributed by atoms with Crippen molar-refractivity contribution >= 4 is 34.9 Å². The number of fused-ring (bicyclic) bond motifs is 2. The van der Waals surface area contributed by atoms with Gasteiger partial charge in [-0.15, -0.1) is 0 Å². The monoisotopic (exact) mass is 529 g/mol. The summed E-state index contributed by atoms with van der Waals surface area (Å²) in [4.78, 5) is 36.1. The highest BCUT2D eigenvalue weighted by Gasteiger charge is 2.45. The molecule has 2 amide bonds. The maximum atomic E-state index is 15.0. The molecule has 3 aliphatic rings. The van der Waals surface area contributed by atoms with Crippen LogP contribution in [-0.2, 0) is 4.79 Å². The smallest absolute Gasteiger partial charge is 0.261 e. The Morgan fingerprint density at radius 3 is 2.73 bits per heavy atom. The van der Waals surface area contributed by atoms with Crippen molar-refractivity contribution in [1.82, 2.24) is 14.8 Å². The largest absolute Gasteiger partial charge is 0.489 e. The normalized spacial score (nSPS) is 22.7. The zero-order chi connectivity index (χ0) is 26.6. The summed E-state index contributed by atoms with van der Waals surface area (Å²) in [7, 11) is 0. The summed E-state index contributed by atoms with van der Waals surface area (Å²) in [5.74, 6) is -0.856. The molecule has 9 nitrogen and oxygen atoms in total. The molecule has 196 valence electrons. The highest BCUT2D eigenvalue weighted by atomic mass is 35.5. The number of carbonyl (C=O) groups excluding carboxylic acids is 2. The van der Waals surface area contributed by atoms with E-state index in [0.29, 0.717) is 13.0 Å². The molecule has 4 heterocycles. The van der Waals surface area contributed by atoms with Gasteiger partial charge in [0.2, 0.25) is 5.91 Å². The Labute approximate surface area is 219 Å². The van der Waals surface area contributed by atoms with Crippen LogP contribution in [0, 0.1) is 5.82 Å². The van der Waals surface area contributed by atoms with E-state index in [1.54, 1.807) is 15.9 Å². The number of halogens is 2. The second-order valence-corrected chi connectivity index (χ2v) is 10.6. The van der Waals surface area contributed by atoms with E-state index < -0.39 is 23.5 Å². The molecule has 37 heavy (non-hydrogen) atoms. The van der Waals surface area contributed by atoms with Crippen LogP contribution in [0.25, 0.3) is 11.3 Å². The predicted molar refractivity (Wildman–Crippen MR) is 138 cm³/mol. The van der Waals surface area contributed by atoms with Gasteiger partial charge in [0.1, 0.15) is 34.5 Å². The van der Waals surface area contributed by atoms with Gasteiger partial charge in [-0.2, -0.15) is 0 Å². The van der Waals surface area contributed by atoms with Crippen molar-refractivity contribution in [1.29, 1.82) is 0 Å². The number of hydrogen-bond acceptors (Lipinski definition) is 7. The van der Waals surface area contributed by atoms with E-state index in [2.05, 4.69) is 6.58 Å². The molecule has 1 aromatic carbocycles. The maximum absolute atomic E-state index is 15.0. The fraction of sp³-hybridized carbons (Fsp3) is 0.423. The molecule has 2 saturated heterocycles. The molecule has 0 aliphatic carbocycles. The van der Waals surface area contributed by atoms with Crippen LogP contribution in [-0.4, -0.2) is 82.2 Å². The molecule has 0 saturated carbocycles. The standard InChI is InChI=1S/C26H29ClFN5O4/c1-4-18(35)31-8-9-32-14(11-31)13-37-23-20(25(32)36)24(33-12-15(34)10-26(33,2)3)30-22(21(23)27)19-16(28)6-5-7-17(19)29/h4-7,14-15,34H,1,8-13,29H2,2-3H3/t14-,15?/m1/s1. The average molecular weight is 530 g/mol. The van der Waals surface area contributed by atoms with E-state index >= 15 is 4.39 Å². The number of carbonyl (C=O) groups is 2. The van der Waals surface area contributed by atoms with Crippen molar-refractivity contribution in [2.24, 2.45) is 0 Å². The first-order chi connectivity index (χ1) is 17.5. The lowest BCUT2D eigenvalue weighted by Gasteiger charge is -2.40. The Kier molecular flexibility index (Phi) is 6.27. The Morgan fingerprint density at radius 2 is 2.08 bits per heavy atom. The Morgan fingerprint density at radius 1 is 1.32 bits per heavy atom. The second-order valence-electron chi connectivity index (χ2n) is 10.2. The van der Waals surface area contributed by atoms with Crippen LogP contribution in [0.5, 0.6) is 5.75 Å². The van der Waals surface area contributed by atoms with Gasteiger partial charge >= 0.3 is 0 Å². The zero-order valence-electron chi connectivity index (χ0n) is 20.7. The van der Waals surface area contributed by atoms with Crippen LogP contribution in [0.3, 0.4) is 0 Å². The Hall–Kier alpha value is -3.37. The summed E-state index contributed by atoms with van der Waals surface area (Å²) in [6, 6.07) is 3.86. The number of β-amino-alcohol motifs (C(OH)–C–C–N with tert-alkyl or cyclic N) is 1. The van der Waals surface area contributed by atoms with Gasteiger partial charge in [-0.25, -0.2) is 9.37 Å². The quantitative estimate of drug-likeness (QED) is 0.464. The number of piperazine rings is 1. The highest BCUT2D eigenvalue weighted by Crippen LogP contribution is 2.47. The minimum absolute atomic E-state index is 0.00914. The number of pyridine rings is 1. The SMILES string of the molecule is C=CC(=O)N1CCN2C(=O)c3c(N4CC(O)CC4(C)C)nc(-c4c(N)cccc4F)c(Cl)c3OC[C@H]2C1. The first kappa shape index (κ1) is 25.3. The third-order valence-corrected chi connectivity index (χ3v) is 7.69. The molecule has 3 N–H and O–H groups in total. The summed E-state index contributed by atoms with van der Waals surface area (Å²) in [5, 5.41) is 10.5. The predicted octanol–water partition coefficient (Wildman–Crippen LogP) is 2.70. The van der Waals surface area contributed by atoms with Gasteiger partial charge in [-0.1, -0.05) is 24.2 Å². The third-order valence-electron chi connectivity index (χ3n) is 7.34. The molecule has 2 fully saturated rings. The number of aliphatic hydroxyl groups is 1. The number of aromatic nitrogens is 1. The molecule has 11 heteroatoms. The molecule has 1 unspecified atom stereocenters. The van der Waals surface area contributed by atoms with Crippen molar-refractivity contribution in [2.45, 2.75) is 38.0 Å². The van der Waals surface area contributed by atoms with E-state index in [4.69, 9.17) is 27.1 Å². The molecule has 0 radical (unpaired) electrons. The van der Waals surface area contributed by atoms with Crippen molar-refractivity contribution in [2.75, 3.05) is 43.4 Å². The number of amides is 2. The van der Waals surface area contributed by atoms with Gasteiger partial charge in [0.25, 0.3) is 5.91 Å². The number of ether oxygens (including phenoxy) is 1. The van der Waals surface area contributed by atoms with Crippen LogP contribution < -0.4 is 15.4 Å². The van der Waals surface area contributed by atoms with Gasteiger partial charge < -0.3 is 30.3 Å². The third kappa shape index (κ3) is 4.18. The molecule has 0 spiro atoms. The van der Waals surface area contributed by atoms with Crippen LogP contribution in [0.2, 0.25) is 5.02 Å². The van der Waals surface area contributed by atoms with E-state index in [1.807, 2.05) is 18.7 Å². The van der Waals surface area contributed by atoms with Gasteiger partial charge in [-0.3, -0.25) is 9.59 Å². The fourth-order valence-corrected chi connectivity index (χ4v) is 5.80. The number of hydrogen-bond donors (Lipinski definition) is 2. The van der Waals surface area contributed by atoms with Crippen molar-refractivity contribution in [3.8, 4) is 17.0 Å². The number of nitrogen functional groups attached to an aromatic ring is 1. The minimum atomic E-state index is -0.645. The summed E-state index contributed by atoms with van der Waals surface area (Å²) in [6.45, 7) is 8.62. The van der Waals surface area contributed by atoms with Crippen LogP contribution in [0.4, 0.5) is 15.9 Å². The van der Waals surface area contributed by atoms with Gasteiger partial charge in [-0.05, 0) is 38.5 Å². The number of aliphatic hydroxyl groups excluding tert-OH is 1. The van der Waals surface area contributed by atoms with Gasteiger partial charge in [0.15, 0.2) is 5.75 Å². The average Bonchev–Trinajstić information content (AvgIpc) is 3.04. The van der Waals surface area contributed by atoms with Crippen molar-refractivity contribution in [3.63, 3.8) is 0 Å². The zero-order valence-corrected chi connectivity index (χ0v) is 21.5. The van der Waals surface area contributed by atoms with Gasteiger partial charge in [0, 0.05) is 37.4 Å². The Balaban J connectivity index is 1.70. The lowest BCUT2D eigenvalue weighted by molar-refractivity contribution is -0.128. The number of nitrogens with two attached hydrogens (primary N) is 1. The lowest BCUT2D eigenvalue weighted by Crippen LogP contribution is -2.57. The molecule has 2 aromatic rings. The molecule has 0 bridgehead atoms. The van der Waals surface area contributed by atoms with E-state index in [0.717, 1.165) is 0 Å². The second kappa shape index (κ2) is 9.18. The molecular formula is C26H29ClFN5O4. The number of anilines is 2. The lowest BCUT2D eigenvalue weighted by atomic mass is 9.99. The summed E-state index contributed by atoms with van der Waals surface area (Å²) >= 11 is 6.79. The fourth-order valence-electron chi connectivity index (χ4n) is 5.51. The van der Waals surface area contributed by atoms with E-state index in [1.165, 1.54) is 18.2 Å². The van der Waals surface area contributed by atoms with Crippen LogP contribution >= 0.6 is 11.6 Å². The topological polar surface area (TPSA) is 112 Å².